The minimum absolute atomic E-state index is 0.0516. The van der Waals surface area contributed by atoms with Crippen LogP contribution in [0, 0.1) is 0 Å². The second-order valence-corrected chi connectivity index (χ2v) is 3.38. The Morgan fingerprint density at radius 2 is 2.19 bits per heavy atom. The maximum absolute atomic E-state index is 11.4. The van der Waals surface area contributed by atoms with Crippen molar-refractivity contribution in [2.45, 2.75) is 33.2 Å². The second kappa shape index (κ2) is 6.22. The second-order valence-electron chi connectivity index (χ2n) is 3.38. The van der Waals surface area contributed by atoms with E-state index in [-0.39, 0.29) is 25.6 Å². The zero-order chi connectivity index (χ0) is 12.0. The lowest BCUT2D eigenvalue weighted by atomic mass is 10.4. The SMILES string of the molecule is CCc1nc(CC)n(CC(=O)NCCO)n1. The predicted octanol–water partition coefficient (Wildman–Crippen LogP) is -0.489. The zero-order valence-electron chi connectivity index (χ0n) is 9.73. The molecular formula is C10H18N4O2. The van der Waals surface area contributed by atoms with E-state index in [4.69, 9.17) is 5.11 Å². The van der Waals surface area contributed by atoms with Crippen LogP contribution in [0.2, 0.25) is 0 Å². The molecule has 1 aromatic heterocycles. The third kappa shape index (κ3) is 3.30. The molecule has 0 radical (unpaired) electrons. The summed E-state index contributed by atoms with van der Waals surface area (Å²) in [6.45, 7) is 4.34. The van der Waals surface area contributed by atoms with Gasteiger partial charge in [0, 0.05) is 19.4 Å². The highest BCUT2D eigenvalue weighted by atomic mass is 16.3. The summed E-state index contributed by atoms with van der Waals surface area (Å²) in [5, 5.41) is 15.4. The normalized spacial score (nSPS) is 10.4. The number of nitrogens with one attached hydrogen (secondary N) is 1. The molecule has 0 aliphatic heterocycles. The van der Waals surface area contributed by atoms with Crippen LogP contribution in [0.5, 0.6) is 0 Å². The van der Waals surface area contributed by atoms with Crippen molar-refractivity contribution in [3.8, 4) is 0 Å². The van der Waals surface area contributed by atoms with Crippen LogP contribution in [-0.2, 0) is 24.2 Å². The Bertz CT molecular complexity index is 349. The van der Waals surface area contributed by atoms with Crippen LogP contribution in [0.3, 0.4) is 0 Å². The van der Waals surface area contributed by atoms with Crippen molar-refractivity contribution in [1.29, 1.82) is 0 Å². The summed E-state index contributed by atoms with van der Waals surface area (Å²) in [6.07, 6.45) is 1.51. The molecule has 6 heteroatoms. The van der Waals surface area contributed by atoms with Crippen LogP contribution in [0.15, 0.2) is 0 Å². The molecule has 1 heterocycles. The number of aliphatic hydroxyl groups excluding tert-OH is 1. The molecule has 0 aliphatic rings. The molecule has 0 unspecified atom stereocenters. The first-order chi connectivity index (χ1) is 7.71. The zero-order valence-corrected chi connectivity index (χ0v) is 9.73. The predicted molar refractivity (Wildman–Crippen MR) is 58.9 cm³/mol. The van der Waals surface area contributed by atoms with Crippen LogP contribution in [0.4, 0.5) is 0 Å². The van der Waals surface area contributed by atoms with Crippen molar-refractivity contribution >= 4 is 5.91 Å². The Morgan fingerprint density at radius 1 is 1.44 bits per heavy atom. The fraction of sp³-hybridized carbons (Fsp3) is 0.700. The van der Waals surface area contributed by atoms with Crippen LogP contribution in [-0.4, -0.2) is 38.9 Å². The number of aryl methyl sites for hydroxylation is 2. The monoisotopic (exact) mass is 226 g/mol. The summed E-state index contributed by atoms with van der Waals surface area (Å²) in [5.74, 6) is 1.42. The summed E-state index contributed by atoms with van der Waals surface area (Å²) < 4.78 is 1.62. The highest BCUT2D eigenvalue weighted by Crippen LogP contribution is 2.00. The summed E-state index contributed by atoms with van der Waals surface area (Å²) in [7, 11) is 0. The number of hydrogen-bond donors (Lipinski definition) is 2. The Kier molecular flexibility index (Phi) is 4.91. The maximum atomic E-state index is 11.4. The highest BCUT2D eigenvalue weighted by molar-refractivity contribution is 5.75. The van der Waals surface area contributed by atoms with E-state index in [1.165, 1.54) is 0 Å². The quantitative estimate of drug-likeness (QED) is 0.686. The first kappa shape index (κ1) is 12.6. The van der Waals surface area contributed by atoms with Crippen LogP contribution < -0.4 is 5.32 Å². The van der Waals surface area contributed by atoms with Gasteiger partial charge in [-0.2, -0.15) is 5.10 Å². The number of aromatic nitrogens is 3. The third-order valence-corrected chi connectivity index (χ3v) is 2.15. The van der Waals surface area contributed by atoms with Crippen molar-refractivity contribution < 1.29 is 9.90 Å². The van der Waals surface area contributed by atoms with Gasteiger partial charge in [0.1, 0.15) is 12.4 Å². The van der Waals surface area contributed by atoms with E-state index in [0.717, 1.165) is 24.5 Å². The summed E-state index contributed by atoms with van der Waals surface area (Å²) in [4.78, 5) is 15.7. The molecule has 0 spiro atoms. The third-order valence-electron chi connectivity index (χ3n) is 2.15. The summed E-state index contributed by atoms with van der Waals surface area (Å²) in [6, 6.07) is 0. The fourth-order valence-corrected chi connectivity index (χ4v) is 1.35. The Labute approximate surface area is 94.7 Å². The Morgan fingerprint density at radius 3 is 2.75 bits per heavy atom. The van der Waals surface area contributed by atoms with Crippen molar-refractivity contribution in [2.24, 2.45) is 0 Å². The Balaban J connectivity index is 2.64. The number of carbonyl (C=O) groups excluding carboxylic acids is 1. The lowest BCUT2D eigenvalue weighted by Crippen LogP contribution is -2.30. The molecule has 90 valence electrons. The average molecular weight is 226 g/mol. The summed E-state index contributed by atoms with van der Waals surface area (Å²) in [5.41, 5.74) is 0. The molecule has 0 fully saturated rings. The van der Waals surface area contributed by atoms with Crippen LogP contribution in [0.25, 0.3) is 0 Å². The van der Waals surface area contributed by atoms with Crippen molar-refractivity contribution in [3.63, 3.8) is 0 Å². The molecule has 0 saturated carbocycles. The van der Waals surface area contributed by atoms with E-state index < -0.39 is 0 Å². The number of amides is 1. The van der Waals surface area contributed by atoms with Crippen LogP contribution >= 0.6 is 0 Å². The van der Waals surface area contributed by atoms with Gasteiger partial charge in [-0.25, -0.2) is 9.67 Å². The number of rotatable bonds is 6. The number of nitrogens with zero attached hydrogens (tertiary/aromatic N) is 3. The van der Waals surface area contributed by atoms with E-state index in [0.29, 0.717) is 0 Å². The molecule has 0 saturated heterocycles. The van der Waals surface area contributed by atoms with Gasteiger partial charge >= 0.3 is 0 Å². The van der Waals surface area contributed by atoms with Crippen LogP contribution in [0.1, 0.15) is 25.5 Å². The number of carbonyl (C=O) groups is 1. The minimum Gasteiger partial charge on any atom is -0.395 e. The highest BCUT2D eigenvalue weighted by Gasteiger charge is 2.10. The molecule has 2 N–H and O–H groups in total. The molecule has 0 aromatic carbocycles. The average Bonchev–Trinajstić information content (AvgIpc) is 2.68. The molecule has 1 amide bonds. The van der Waals surface area contributed by atoms with Gasteiger partial charge in [-0.1, -0.05) is 13.8 Å². The van der Waals surface area contributed by atoms with Gasteiger partial charge in [0.2, 0.25) is 5.91 Å². The first-order valence-electron chi connectivity index (χ1n) is 5.51. The minimum atomic E-state index is -0.156. The lowest BCUT2D eigenvalue weighted by Gasteiger charge is -2.04. The standard InChI is InChI=1S/C10H18N4O2/c1-3-8-12-9(4-2)14(13-8)7-10(16)11-5-6-15/h15H,3-7H2,1-2H3,(H,11,16). The van der Waals surface area contributed by atoms with Gasteiger partial charge in [0.05, 0.1) is 6.61 Å². The van der Waals surface area contributed by atoms with E-state index >= 15 is 0 Å². The number of hydrogen-bond acceptors (Lipinski definition) is 4. The van der Waals surface area contributed by atoms with Gasteiger partial charge in [-0.05, 0) is 0 Å². The maximum Gasteiger partial charge on any atom is 0.241 e. The lowest BCUT2D eigenvalue weighted by molar-refractivity contribution is -0.122. The van der Waals surface area contributed by atoms with E-state index in [2.05, 4.69) is 15.4 Å². The topological polar surface area (TPSA) is 80.0 Å². The van der Waals surface area contributed by atoms with Gasteiger partial charge < -0.3 is 10.4 Å². The molecule has 16 heavy (non-hydrogen) atoms. The van der Waals surface area contributed by atoms with E-state index in [9.17, 15) is 4.79 Å². The van der Waals surface area contributed by atoms with Gasteiger partial charge in [-0.3, -0.25) is 4.79 Å². The molecule has 0 bridgehead atoms. The van der Waals surface area contributed by atoms with E-state index in [1.807, 2.05) is 13.8 Å². The smallest absolute Gasteiger partial charge is 0.241 e. The summed E-state index contributed by atoms with van der Waals surface area (Å²) >= 11 is 0. The largest absolute Gasteiger partial charge is 0.395 e. The molecule has 0 aliphatic carbocycles. The fourth-order valence-electron chi connectivity index (χ4n) is 1.35. The number of aliphatic hydroxyl groups is 1. The molecular weight excluding hydrogens is 208 g/mol. The first-order valence-corrected chi connectivity index (χ1v) is 5.51. The molecule has 1 aromatic rings. The van der Waals surface area contributed by atoms with Crippen molar-refractivity contribution in [3.05, 3.63) is 11.6 Å². The van der Waals surface area contributed by atoms with Gasteiger partial charge in [0.15, 0.2) is 5.82 Å². The molecule has 6 nitrogen and oxygen atoms in total. The van der Waals surface area contributed by atoms with Gasteiger partial charge in [-0.15, -0.1) is 0 Å². The van der Waals surface area contributed by atoms with Crippen molar-refractivity contribution in [1.82, 2.24) is 20.1 Å². The van der Waals surface area contributed by atoms with Gasteiger partial charge in [0.25, 0.3) is 0 Å². The Hall–Kier alpha value is -1.43. The van der Waals surface area contributed by atoms with E-state index in [1.54, 1.807) is 4.68 Å². The van der Waals surface area contributed by atoms with Crippen molar-refractivity contribution in [2.75, 3.05) is 13.2 Å². The molecule has 0 atom stereocenters. The molecule has 1 rings (SSSR count).